The highest BCUT2D eigenvalue weighted by molar-refractivity contribution is 5.78. The summed E-state index contributed by atoms with van der Waals surface area (Å²) in [7, 11) is 0. The maximum absolute atomic E-state index is 11.6. The molecule has 0 N–H and O–H groups in total. The minimum atomic E-state index is -0.0337. The molecule has 1 saturated heterocycles. The first-order valence-electron chi connectivity index (χ1n) is 4.55. The van der Waals surface area contributed by atoms with E-state index < -0.39 is 0 Å². The van der Waals surface area contributed by atoms with Crippen molar-refractivity contribution in [1.29, 1.82) is 0 Å². The van der Waals surface area contributed by atoms with Gasteiger partial charge in [-0.05, 0) is 13.3 Å². The predicted octanol–water partition coefficient (Wildman–Crippen LogP) is 1.24. The van der Waals surface area contributed by atoms with Crippen LogP contribution in [-0.4, -0.2) is 30.2 Å². The molecule has 0 aromatic carbocycles. The third-order valence-electron chi connectivity index (χ3n) is 2.12. The number of nitrogens with zero attached hydrogens (tertiary/aromatic N) is 1. The zero-order chi connectivity index (χ0) is 9.14. The maximum Gasteiger partial charge on any atom is 0.227 e. The van der Waals surface area contributed by atoms with Gasteiger partial charge in [0.15, 0.2) is 0 Å². The van der Waals surface area contributed by atoms with Crippen molar-refractivity contribution in [2.75, 3.05) is 13.2 Å². The van der Waals surface area contributed by atoms with Crippen LogP contribution in [0.1, 0.15) is 27.2 Å². The first-order valence-corrected chi connectivity index (χ1v) is 4.55. The van der Waals surface area contributed by atoms with Crippen LogP contribution in [0.4, 0.5) is 0 Å². The van der Waals surface area contributed by atoms with Gasteiger partial charge in [-0.15, -0.1) is 0 Å². The average molecular weight is 171 g/mol. The summed E-state index contributed by atoms with van der Waals surface area (Å²) in [5, 5.41) is 0. The van der Waals surface area contributed by atoms with E-state index in [1.165, 1.54) is 0 Å². The fourth-order valence-electron chi connectivity index (χ4n) is 1.38. The molecule has 0 radical (unpaired) electrons. The van der Waals surface area contributed by atoms with Crippen molar-refractivity contribution >= 4 is 5.91 Å². The van der Waals surface area contributed by atoms with Gasteiger partial charge >= 0.3 is 0 Å². The molecular weight excluding hydrogens is 154 g/mol. The van der Waals surface area contributed by atoms with E-state index in [9.17, 15) is 4.79 Å². The molecule has 0 aromatic heterocycles. The fourth-order valence-corrected chi connectivity index (χ4v) is 1.38. The van der Waals surface area contributed by atoms with Crippen LogP contribution >= 0.6 is 0 Å². The fraction of sp³-hybridized carbons (Fsp3) is 0.889. The minimum absolute atomic E-state index is 0.0337. The molecule has 1 fully saturated rings. The molecule has 1 aliphatic rings. The van der Waals surface area contributed by atoms with Crippen molar-refractivity contribution in [3.63, 3.8) is 0 Å². The second-order valence-corrected chi connectivity index (χ2v) is 3.51. The maximum atomic E-state index is 11.6. The lowest BCUT2D eigenvalue weighted by molar-refractivity contribution is -0.155. The lowest BCUT2D eigenvalue weighted by Crippen LogP contribution is -2.46. The molecule has 0 spiro atoms. The first kappa shape index (κ1) is 9.52. The van der Waals surface area contributed by atoms with Crippen LogP contribution < -0.4 is 0 Å². The quantitative estimate of drug-likeness (QED) is 0.594. The molecule has 0 bridgehead atoms. The van der Waals surface area contributed by atoms with E-state index in [0.29, 0.717) is 0 Å². The number of amides is 1. The Hall–Kier alpha value is -0.570. The van der Waals surface area contributed by atoms with Crippen molar-refractivity contribution in [1.82, 2.24) is 4.90 Å². The van der Waals surface area contributed by atoms with Gasteiger partial charge in [0.05, 0.1) is 6.61 Å². The summed E-state index contributed by atoms with van der Waals surface area (Å²) in [4.78, 5) is 13.4. The molecule has 1 heterocycles. The van der Waals surface area contributed by atoms with E-state index in [0.717, 1.165) is 19.6 Å². The van der Waals surface area contributed by atoms with Gasteiger partial charge in [-0.25, -0.2) is 0 Å². The Morgan fingerprint density at radius 1 is 1.58 bits per heavy atom. The van der Waals surface area contributed by atoms with Crippen molar-refractivity contribution in [3.05, 3.63) is 0 Å². The normalized spacial score (nSPS) is 24.7. The number of ether oxygens (including phenoxy) is 1. The van der Waals surface area contributed by atoms with Crippen LogP contribution in [0.25, 0.3) is 0 Å². The van der Waals surface area contributed by atoms with Crippen LogP contribution in [0.3, 0.4) is 0 Å². The minimum Gasteiger partial charge on any atom is -0.359 e. The molecule has 3 nitrogen and oxygen atoms in total. The number of rotatable bonds is 1. The van der Waals surface area contributed by atoms with Gasteiger partial charge in [-0.1, -0.05) is 13.8 Å². The Kier molecular flexibility index (Phi) is 3.09. The smallest absolute Gasteiger partial charge is 0.227 e. The predicted molar refractivity (Wildman–Crippen MR) is 46.6 cm³/mol. The molecular formula is C9H17NO2. The van der Waals surface area contributed by atoms with Gasteiger partial charge in [0, 0.05) is 12.5 Å². The Morgan fingerprint density at radius 3 is 2.75 bits per heavy atom. The Morgan fingerprint density at radius 2 is 2.25 bits per heavy atom. The number of carbonyl (C=O) groups is 1. The number of hydrogen-bond acceptors (Lipinski definition) is 2. The Bertz CT molecular complexity index is 168. The summed E-state index contributed by atoms with van der Waals surface area (Å²) in [6.07, 6.45) is 0.927. The highest BCUT2D eigenvalue weighted by Gasteiger charge is 2.25. The highest BCUT2D eigenvalue weighted by atomic mass is 16.5. The highest BCUT2D eigenvalue weighted by Crippen LogP contribution is 2.12. The second kappa shape index (κ2) is 3.90. The van der Waals surface area contributed by atoms with Gasteiger partial charge in [0.1, 0.15) is 6.23 Å². The molecule has 1 atom stereocenters. The summed E-state index contributed by atoms with van der Waals surface area (Å²) in [5.41, 5.74) is 0. The van der Waals surface area contributed by atoms with E-state index in [-0.39, 0.29) is 18.1 Å². The molecule has 70 valence electrons. The van der Waals surface area contributed by atoms with Gasteiger partial charge in [-0.3, -0.25) is 4.79 Å². The van der Waals surface area contributed by atoms with Gasteiger partial charge in [-0.2, -0.15) is 0 Å². The molecule has 1 amide bonds. The van der Waals surface area contributed by atoms with E-state index in [2.05, 4.69) is 0 Å². The standard InChI is InChI=1S/C9H17NO2/c1-7(2)9(11)10-5-4-6-12-8(10)3/h7-8H,4-6H2,1-3H3. The molecule has 1 unspecified atom stereocenters. The van der Waals surface area contributed by atoms with E-state index in [1.807, 2.05) is 25.7 Å². The SMILES string of the molecule is CC(C)C(=O)N1CCCOC1C. The summed E-state index contributed by atoms with van der Waals surface area (Å²) < 4.78 is 5.37. The molecule has 1 aliphatic heterocycles. The third-order valence-corrected chi connectivity index (χ3v) is 2.12. The van der Waals surface area contributed by atoms with Gasteiger partial charge in [0.25, 0.3) is 0 Å². The van der Waals surface area contributed by atoms with E-state index in [4.69, 9.17) is 4.74 Å². The van der Waals surface area contributed by atoms with E-state index >= 15 is 0 Å². The van der Waals surface area contributed by atoms with Gasteiger partial charge in [0.2, 0.25) is 5.91 Å². The average Bonchev–Trinajstić information content (AvgIpc) is 2.04. The first-order chi connectivity index (χ1) is 5.63. The van der Waals surface area contributed by atoms with Gasteiger partial charge < -0.3 is 9.64 Å². The lowest BCUT2D eigenvalue weighted by atomic mass is 10.1. The summed E-state index contributed by atoms with van der Waals surface area (Å²) >= 11 is 0. The molecule has 0 aromatic rings. The van der Waals surface area contributed by atoms with Crippen LogP contribution in [0, 0.1) is 5.92 Å². The van der Waals surface area contributed by atoms with Crippen LogP contribution in [0.5, 0.6) is 0 Å². The third kappa shape index (κ3) is 1.97. The van der Waals surface area contributed by atoms with Crippen molar-refractivity contribution in [2.45, 2.75) is 33.4 Å². The van der Waals surface area contributed by atoms with Crippen molar-refractivity contribution in [3.8, 4) is 0 Å². The Labute approximate surface area is 73.7 Å². The number of carbonyl (C=O) groups excluding carboxylic acids is 1. The van der Waals surface area contributed by atoms with Crippen LogP contribution in [0.15, 0.2) is 0 Å². The Balaban J connectivity index is 2.53. The van der Waals surface area contributed by atoms with E-state index in [1.54, 1.807) is 0 Å². The monoisotopic (exact) mass is 171 g/mol. The zero-order valence-corrected chi connectivity index (χ0v) is 8.04. The molecule has 3 heteroatoms. The van der Waals surface area contributed by atoms with Crippen LogP contribution in [0.2, 0.25) is 0 Å². The number of hydrogen-bond donors (Lipinski definition) is 0. The largest absolute Gasteiger partial charge is 0.359 e. The zero-order valence-electron chi connectivity index (χ0n) is 8.04. The summed E-state index contributed by atoms with van der Waals surface area (Å²) in [6, 6.07) is 0. The summed E-state index contributed by atoms with van der Waals surface area (Å²) in [5.74, 6) is 0.274. The van der Waals surface area contributed by atoms with Crippen molar-refractivity contribution < 1.29 is 9.53 Å². The molecule has 12 heavy (non-hydrogen) atoms. The topological polar surface area (TPSA) is 29.5 Å². The lowest BCUT2D eigenvalue weighted by Gasteiger charge is -2.34. The second-order valence-electron chi connectivity index (χ2n) is 3.51. The molecule has 1 rings (SSSR count). The molecule has 0 aliphatic carbocycles. The van der Waals surface area contributed by atoms with Crippen LogP contribution in [-0.2, 0) is 9.53 Å². The van der Waals surface area contributed by atoms with Crippen molar-refractivity contribution in [2.24, 2.45) is 5.92 Å². The summed E-state index contributed by atoms with van der Waals surface area (Å²) in [6.45, 7) is 7.40. The molecule has 0 saturated carbocycles.